The minimum Gasteiger partial charge on any atom is -0.322 e. The number of aliphatic imine (C=N–C) groups is 1. The third kappa shape index (κ3) is 6.18. The highest BCUT2D eigenvalue weighted by Gasteiger charge is 2.33. The van der Waals surface area contributed by atoms with Crippen molar-refractivity contribution in [1.82, 2.24) is 4.90 Å². The third-order valence-electron chi connectivity index (χ3n) is 4.61. The largest absolute Gasteiger partial charge is 0.322 e. The van der Waals surface area contributed by atoms with Gasteiger partial charge in [-0.05, 0) is 35.0 Å². The molecule has 1 saturated heterocycles. The number of halogens is 1. The second-order valence-corrected chi connectivity index (χ2v) is 7.94. The van der Waals surface area contributed by atoms with Gasteiger partial charge in [0.2, 0.25) is 5.91 Å². The molecule has 0 saturated carbocycles. The fraction of sp³-hybridized carbons (Fsp3) is 0.0800. The molecule has 3 aromatic rings. The van der Waals surface area contributed by atoms with Gasteiger partial charge in [-0.1, -0.05) is 78.9 Å². The van der Waals surface area contributed by atoms with Crippen LogP contribution in [0.15, 0.2) is 107 Å². The lowest BCUT2D eigenvalue weighted by molar-refractivity contribution is -0.123. The van der Waals surface area contributed by atoms with Crippen LogP contribution in [0.4, 0.5) is 5.69 Å². The monoisotopic (exact) mass is 507 g/mol. The number of anilines is 1. The molecule has 2 amide bonds. The van der Waals surface area contributed by atoms with Crippen molar-refractivity contribution < 1.29 is 9.59 Å². The number of hydrogen-bond donors (Lipinski definition) is 1. The van der Waals surface area contributed by atoms with Crippen LogP contribution in [0.2, 0.25) is 0 Å². The van der Waals surface area contributed by atoms with Gasteiger partial charge in [-0.25, -0.2) is 0 Å². The first-order chi connectivity index (χ1) is 15.2. The highest BCUT2D eigenvalue weighted by molar-refractivity contribution is 8.93. The summed E-state index contributed by atoms with van der Waals surface area (Å²) in [6.45, 7) is 0.864. The molecule has 0 atom stereocenters. The Morgan fingerprint density at radius 3 is 2.06 bits per heavy atom. The fourth-order valence-corrected chi connectivity index (χ4v) is 4.04. The van der Waals surface area contributed by atoms with E-state index < -0.39 is 0 Å². The molecule has 3 aromatic carbocycles. The molecular formula is C25H22BrN3O2S. The van der Waals surface area contributed by atoms with Gasteiger partial charge in [0, 0.05) is 11.8 Å². The number of nitrogens with zero attached hydrogens (tertiary/aromatic N) is 2. The molecule has 0 spiro atoms. The molecule has 1 fully saturated rings. The number of carbonyl (C=O) groups is 2. The van der Waals surface area contributed by atoms with Crippen LogP contribution in [0.5, 0.6) is 0 Å². The average molecular weight is 508 g/mol. The van der Waals surface area contributed by atoms with Crippen molar-refractivity contribution in [3.8, 4) is 0 Å². The highest BCUT2D eigenvalue weighted by atomic mass is 79.9. The minimum absolute atomic E-state index is 0. The number of amidine groups is 1. The summed E-state index contributed by atoms with van der Waals surface area (Å²) in [4.78, 5) is 32.2. The van der Waals surface area contributed by atoms with E-state index in [-0.39, 0.29) is 28.8 Å². The predicted octanol–water partition coefficient (Wildman–Crippen LogP) is 5.42. The van der Waals surface area contributed by atoms with Gasteiger partial charge < -0.3 is 5.32 Å². The number of benzene rings is 3. The molecular weight excluding hydrogens is 486 g/mol. The van der Waals surface area contributed by atoms with Crippen LogP contribution in [0.25, 0.3) is 0 Å². The van der Waals surface area contributed by atoms with E-state index >= 15 is 0 Å². The Morgan fingerprint density at radius 1 is 0.875 bits per heavy atom. The van der Waals surface area contributed by atoms with Crippen molar-refractivity contribution in [3.63, 3.8) is 0 Å². The Hall–Kier alpha value is -3.16. The highest BCUT2D eigenvalue weighted by Crippen LogP contribution is 2.32. The summed E-state index contributed by atoms with van der Waals surface area (Å²) >= 11 is 1.23. The van der Waals surface area contributed by atoms with Crippen LogP contribution in [0, 0.1) is 0 Å². The summed E-state index contributed by atoms with van der Waals surface area (Å²) in [6.07, 6.45) is 1.35. The van der Waals surface area contributed by atoms with E-state index in [4.69, 9.17) is 0 Å². The summed E-state index contributed by atoms with van der Waals surface area (Å²) in [7, 11) is 0. The number of thioether (sulfide) groups is 1. The van der Waals surface area contributed by atoms with E-state index in [0.717, 1.165) is 11.1 Å². The summed E-state index contributed by atoms with van der Waals surface area (Å²) < 4.78 is 0. The Balaban J connectivity index is 0.00000289. The Morgan fingerprint density at radius 2 is 1.44 bits per heavy atom. The summed E-state index contributed by atoms with van der Waals surface area (Å²) in [6, 6.07) is 28.8. The van der Waals surface area contributed by atoms with E-state index in [2.05, 4.69) is 10.3 Å². The molecule has 4 rings (SSSR count). The molecule has 5 nitrogen and oxygen atoms in total. The molecule has 1 heterocycles. The van der Waals surface area contributed by atoms with Crippen molar-refractivity contribution in [3.05, 3.63) is 113 Å². The summed E-state index contributed by atoms with van der Waals surface area (Å²) in [5.74, 6) is -0.560. The van der Waals surface area contributed by atoms with Gasteiger partial charge in [-0.15, -0.1) is 17.0 Å². The standard InChI is InChI=1S/C25H21N3O2S.BrH/c29-23(27-21-14-8-3-9-15-21)16-22-24(30)28(18-20-12-6-2-7-13-20)25(31-22)26-17-19-10-4-1-5-11-19;/h1-16H,17-18H2,(H,27,29);1H/b22-16-,26-25?;. The summed E-state index contributed by atoms with van der Waals surface area (Å²) in [5, 5.41) is 3.38. The molecule has 1 aliphatic rings. The maximum Gasteiger partial charge on any atom is 0.267 e. The maximum absolute atomic E-state index is 13.1. The van der Waals surface area contributed by atoms with Crippen molar-refractivity contribution in [2.24, 2.45) is 4.99 Å². The van der Waals surface area contributed by atoms with Crippen LogP contribution < -0.4 is 5.32 Å². The van der Waals surface area contributed by atoms with Crippen LogP contribution in [-0.2, 0) is 22.7 Å². The molecule has 1 aliphatic heterocycles. The van der Waals surface area contributed by atoms with Crippen LogP contribution >= 0.6 is 28.7 Å². The lowest BCUT2D eigenvalue weighted by Gasteiger charge is -2.15. The summed E-state index contributed by atoms with van der Waals surface area (Å²) in [5.41, 5.74) is 2.74. The number of rotatable bonds is 6. The Labute approximate surface area is 202 Å². The van der Waals surface area contributed by atoms with E-state index in [1.54, 1.807) is 17.0 Å². The maximum atomic E-state index is 13.1. The molecule has 0 aromatic heterocycles. The van der Waals surface area contributed by atoms with Gasteiger partial charge >= 0.3 is 0 Å². The van der Waals surface area contributed by atoms with Gasteiger partial charge in [-0.2, -0.15) is 0 Å². The van der Waals surface area contributed by atoms with Gasteiger partial charge in [0.15, 0.2) is 5.17 Å². The fourth-order valence-electron chi connectivity index (χ4n) is 3.09. The normalized spacial score (nSPS) is 15.6. The average Bonchev–Trinajstić information content (AvgIpc) is 3.08. The van der Waals surface area contributed by atoms with E-state index in [9.17, 15) is 9.59 Å². The smallest absolute Gasteiger partial charge is 0.267 e. The zero-order valence-corrected chi connectivity index (χ0v) is 19.7. The van der Waals surface area contributed by atoms with Gasteiger partial charge in [0.05, 0.1) is 18.0 Å². The van der Waals surface area contributed by atoms with Crippen molar-refractivity contribution in [2.45, 2.75) is 13.1 Å². The number of para-hydroxylation sites is 1. The Kier molecular flexibility index (Phi) is 8.41. The van der Waals surface area contributed by atoms with Crippen LogP contribution in [0.3, 0.4) is 0 Å². The van der Waals surface area contributed by atoms with Crippen LogP contribution in [0.1, 0.15) is 11.1 Å². The molecule has 0 unspecified atom stereocenters. The van der Waals surface area contributed by atoms with Gasteiger partial charge in [0.1, 0.15) is 0 Å². The lowest BCUT2D eigenvalue weighted by Crippen LogP contribution is -2.29. The molecule has 32 heavy (non-hydrogen) atoms. The number of hydrogen-bond acceptors (Lipinski definition) is 4. The van der Waals surface area contributed by atoms with Crippen molar-refractivity contribution in [2.75, 3.05) is 5.32 Å². The number of carbonyl (C=O) groups excluding carboxylic acids is 2. The zero-order valence-electron chi connectivity index (χ0n) is 17.2. The Bertz CT molecular complexity index is 1120. The molecule has 7 heteroatoms. The third-order valence-corrected chi connectivity index (χ3v) is 5.66. The first kappa shape index (κ1) is 23.5. The second kappa shape index (κ2) is 11.5. The zero-order chi connectivity index (χ0) is 21.5. The van der Waals surface area contributed by atoms with E-state index in [1.807, 2.05) is 78.9 Å². The number of amides is 2. The van der Waals surface area contributed by atoms with E-state index in [0.29, 0.717) is 28.8 Å². The van der Waals surface area contributed by atoms with Gasteiger partial charge in [-0.3, -0.25) is 19.5 Å². The second-order valence-electron chi connectivity index (χ2n) is 6.93. The molecule has 0 aliphatic carbocycles. The van der Waals surface area contributed by atoms with Gasteiger partial charge in [0.25, 0.3) is 5.91 Å². The first-order valence-electron chi connectivity index (χ1n) is 9.89. The molecule has 0 bridgehead atoms. The molecule has 0 radical (unpaired) electrons. The lowest BCUT2D eigenvalue weighted by atomic mass is 10.2. The topological polar surface area (TPSA) is 61.8 Å². The molecule has 1 N–H and O–H groups in total. The van der Waals surface area contributed by atoms with Crippen molar-refractivity contribution >= 4 is 51.4 Å². The predicted molar refractivity (Wildman–Crippen MR) is 136 cm³/mol. The van der Waals surface area contributed by atoms with Crippen molar-refractivity contribution in [1.29, 1.82) is 0 Å². The minimum atomic E-state index is -0.342. The van der Waals surface area contributed by atoms with E-state index in [1.165, 1.54) is 17.8 Å². The molecule has 162 valence electrons. The quantitative estimate of drug-likeness (QED) is 0.453. The first-order valence-corrected chi connectivity index (χ1v) is 10.7. The van der Waals surface area contributed by atoms with Crippen LogP contribution in [-0.4, -0.2) is 21.9 Å². The number of nitrogens with one attached hydrogen (secondary N) is 1. The SMILES string of the molecule is Br.O=C(/C=C1\SC(=NCc2ccccc2)N(Cc2ccccc2)C1=O)Nc1ccccc1.